The topological polar surface area (TPSA) is 88.2 Å². The van der Waals surface area contributed by atoms with Crippen LogP contribution in [0.4, 0.5) is 0 Å². The molecular weight excluding hydrogens is 270 g/mol. The lowest BCUT2D eigenvalue weighted by Crippen LogP contribution is -2.51. The minimum absolute atomic E-state index is 0.0582. The molecule has 1 fully saturated rings. The normalized spacial score (nSPS) is 18.6. The molecule has 0 saturated carbocycles. The number of hydrogen-bond acceptors (Lipinski definition) is 4. The van der Waals surface area contributed by atoms with E-state index in [-0.39, 0.29) is 17.3 Å². The summed E-state index contributed by atoms with van der Waals surface area (Å²) >= 11 is 0. The van der Waals surface area contributed by atoms with Gasteiger partial charge >= 0.3 is 0 Å². The molecule has 0 radical (unpaired) electrons. The summed E-state index contributed by atoms with van der Waals surface area (Å²) in [7, 11) is 0. The summed E-state index contributed by atoms with van der Waals surface area (Å²) in [6, 6.07) is 7.11. The maximum Gasteiger partial charge on any atom is 0.227 e. The zero-order valence-corrected chi connectivity index (χ0v) is 12.4. The van der Waals surface area contributed by atoms with E-state index in [1.165, 1.54) is 0 Å². The molecule has 0 aromatic heterocycles. The highest BCUT2D eigenvalue weighted by atomic mass is 16.5. The smallest absolute Gasteiger partial charge is 0.227 e. The second-order valence-corrected chi connectivity index (χ2v) is 5.78. The lowest BCUT2D eigenvalue weighted by atomic mass is 10.0. The number of amides is 1. The van der Waals surface area contributed by atoms with Crippen LogP contribution in [-0.2, 0) is 16.0 Å². The Kier molecular flexibility index (Phi) is 4.47. The Morgan fingerprint density at radius 2 is 2.10 bits per heavy atom. The molecule has 3 N–H and O–H groups in total. The van der Waals surface area contributed by atoms with E-state index in [0.29, 0.717) is 31.7 Å². The van der Waals surface area contributed by atoms with E-state index in [2.05, 4.69) is 5.16 Å². The molecule has 1 aliphatic rings. The van der Waals surface area contributed by atoms with E-state index in [1.807, 2.05) is 30.9 Å². The number of hydrogen-bond donors (Lipinski definition) is 2. The molecule has 1 heterocycles. The SMILES string of the molecule is CC1(C)CN(C(=O)Cc2ccc(C(N)=NO)cc2)CCO1. The Balaban J connectivity index is 1.99. The summed E-state index contributed by atoms with van der Waals surface area (Å²) < 4.78 is 5.61. The van der Waals surface area contributed by atoms with Crippen LogP contribution in [0.15, 0.2) is 29.4 Å². The number of morpholine rings is 1. The number of amidine groups is 1. The molecule has 1 aromatic carbocycles. The predicted molar refractivity (Wildman–Crippen MR) is 79.3 cm³/mol. The second kappa shape index (κ2) is 6.13. The van der Waals surface area contributed by atoms with Crippen molar-refractivity contribution in [3.63, 3.8) is 0 Å². The first-order valence-electron chi connectivity index (χ1n) is 6.90. The van der Waals surface area contributed by atoms with Gasteiger partial charge in [-0.25, -0.2) is 0 Å². The molecule has 1 saturated heterocycles. The third kappa shape index (κ3) is 3.95. The third-order valence-corrected chi connectivity index (χ3v) is 3.49. The first-order chi connectivity index (χ1) is 9.91. The second-order valence-electron chi connectivity index (χ2n) is 5.78. The highest BCUT2D eigenvalue weighted by Gasteiger charge is 2.29. The lowest BCUT2D eigenvalue weighted by Gasteiger charge is -2.38. The summed E-state index contributed by atoms with van der Waals surface area (Å²) in [5.41, 5.74) is 6.74. The predicted octanol–water partition coefficient (Wildman–Crippen LogP) is 0.961. The number of ether oxygens (including phenoxy) is 1. The molecule has 0 bridgehead atoms. The fourth-order valence-electron chi connectivity index (χ4n) is 2.37. The molecule has 1 aliphatic heterocycles. The van der Waals surface area contributed by atoms with Gasteiger partial charge in [0.05, 0.1) is 18.6 Å². The van der Waals surface area contributed by atoms with Crippen LogP contribution in [-0.4, -0.2) is 47.1 Å². The molecule has 114 valence electrons. The number of nitrogens with zero attached hydrogens (tertiary/aromatic N) is 2. The van der Waals surface area contributed by atoms with Gasteiger partial charge in [-0.2, -0.15) is 0 Å². The van der Waals surface area contributed by atoms with Crippen LogP contribution in [0.5, 0.6) is 0 Å². The number of carbonyl (C=O) groups excluding carboxylic acids is 1. The van der Waals surface area contributed by atoms with Crippen LogP contribution < -0.4 is 5.73 Å². The molecule has 1 aromatic rings. The molecule has 0 spiro atoms. The van der Waals surface area contributed by atoms with Gasteiger partial charge in [0, 0.05) is 18.7 Å². The van der Waals surface area contributed by atoms with Crippen molar-refractivity contribution in [2.45, 2.75) is 25.9 Å². The minimum atomic E-state index is -0.288. The maximum absolute atomic E-state index is 12.3. The molecule has 0 unspecified atom stereocenters. The zero-order valence-electron chi connectivity index (χ0n) is 12.4. The highest BCUT2D eigenvalue weighted by molar-refractivity contribution is 5.97. The van der Waals surface area contributed by atoms with E-state index in [1.54, 1.807) is 12.1 Å². The van der Waals surface area contributed by atoms with E-state index in [4.69, 9.17) is 15.7 Å². The zero-order chi connectivity index (χ0) is 15.5. The van der Waals surface area contributed by atoms with E-state index >= 15 is 0 Å². The molecular formula is C15H21N3O3. The van der Waals surface area contributed by atoms with Gasteiger partial charge in [-0.3, -0.25) is 4.79 Å². The van der Waals surface area contributed by atoms with E-state index in [9.17, 15) is 4.79 Å². The third-order valence-electron chi connectivity index (χ3n) is 3.49. The monoisotopic (exact) mass is 291 g/mol. The lowest BCUT2D eigenvalue weighted by molar-refractivity contribution is -0.145. The fraction of sp³-hybridized carbons (Fsp3) is 0.467. The van der Waals surface area contributed by atoms with Crippen LogP contribution in [0, 0.1) is 0 Å². The van der Waals surface area contributed by atoms with Crippen molar-refractivity contribution in [2.75, 3.05) is 19.7 Å². The van der Waals surface area contributed by atoms with Gasteiger partial charge in [-0.15, -0.1) is 0 Å². The fourth-order valence-corrected chi connectivity index (χ4v) is 2.37. The molecule has 0 atom stereocenters. The number of oxime groups is 1. The summed E-state index contributed by atoms with van der Waals surface area (Å²) in [6.07, 6.45) is 0.340. The first kappa shape index (κ1) is 15.3. The Bertz CT molecular complexity index is 538. The van der Waals surface area contributed by atoms with E-state index < -0.39 is 0 Å². The van der Waals surface area contributed by atoms with Crippen molar-refractivity contribution >= 4 is 11.7 Å². The Morgan fingerprint density at radius 3 is 2.67 bits per heavy atom. The molecule has 0 aliphatic carbocycles. The van der Waals surface area contributed by atoms with Gasteiger partial charge in [-0.1, -0.05) is 29.4 Å². The average Bonchev–Trinajstić information content (AvgIpc) is 2.46. The van der Waals surface area contributed by atoms with Gasteiger partial charge in [0.25, 0.3) is 0 Å². The van der Waals surface area contributed by atoms with Crippen LogP contribution in [0.2, 0.25) is 0 Å². The minimum Gasteiger partial charge on any atom is -0.409 e. The number of carbonyl (C=O) groups is 1. The van der Waals surface area contributed by atoms with Gasteiger partial charge in [0.1, 0.15) is 0 Å². The summed E-state index contributed by atoms with van der Waals surface area (Å²) in [6.45, 7) is 5.77. The van der Waals surface area contributed by atoms with Crippen molar-refractivity contribution in [3.8, 4) is 0 Å². The molecule has 21 heavy (non-hydrogen) atoms. The Morgan fingerprint density at radius 1 is 1.43 bits per heavy atom. The molecule has 2 rings (SSSR count). The number of nitrogens with two attached hydrogens (primary N) is 1. The van der Waals surface area contributed by atoms with Crippen molar-refractivity contribution in [1.29, 1.82) is 0 Å². The summed E-state index contributed by atoms with van der Waals surface area (Å²) in [5.74, 6) is 0.144. The van der Waals surface area contributed by atoms with Gasteiger partial charge in [-0.05, 0) is 19.4 Å². The van der Waals surface area contributed by atoms with Crippen LogP contribution in [0.3, 0.4) is 0 Å². The summed E-state index contributed by atoms with van der Waals surface area (Å²) in [4.78, 5) is 14.1. The standard InChI is InChI=1S/C15H21N3O3/c1-15(2)10-18(7-8-21-15)13(19)9-11-3-5-12(6-4-11)14(16)17-20/h3-6,20H,7-10H2,1-2H3,(H2,16,17). The number of benzene rings is 1. The van der Waals surface area contributed by atoms with Crippen LogP contribution >= 0.6 is 0 Å². The molecule has 6 nitrogen and oxygen atoms in total. The quantitative estimate of drug-likeness (QED) is 0.376. The van der Waals surface area contributed by atoms with Crippen molar-refractivity contribution in [1.82, 2.24) is 4.90 Å². The molecule has 1 amide bonds. The van der Waals surface area contributed by atoms with Gasteiger partial charge in [0.2, 0.25) is 5.91 Å². The first-order valence-corrected chi connectivity index (χ1v) is 6.90. The molecule has 6 heteroatoms. The van der Waals surface area contributed by atoms with E-state index in [0.717, 1.165) is 5.56 Å². The summed E-state index contributed by atoms with van der Waals surface area (Å²) in [5, 5.41) is 11.6. The maximum atomic E-state index is 12.3. The average molecular weight is 291 g/mol. The van der Waals surface area contributed by atoms with Gasteiger partial charge in [0.15, 0.2) is 5.84 Å². The van der Waals surface area contributed by atoms with Crippen molar-refractivity contribution < 1.29 is 14.7 Å². The number of rotatable bonds is 3. The van der Waals surface area contributed by atoms with Gasteiger partial charge < -0.3 is 20.6 Å². The van der Waals surface area contributed by atoms with Crippen molar-refractivity contribution in [3.05, 3.63) is 35.4 Å². The van der Waals surface area contributed by atoms with Crippen LogP contribution in [0.1, 0.15) is 25.0 Å². The van der Waals surface area contributed by atoms with Crippen LogP contribution in [0.25, 0.3) is 0 Å². The Hall–Kier alpha value is -2.08. The van der Waals surface area contributed by atoms with Crippen molar-refractivity contribution in [2.24, 2.45) is 10.9 Å². The largest absolute Gasteiger partial charge is 0.409 e. The highest BCUT2D eigenvalue weighted by Crippen LogP contribution is 2.17. The Labute approximate surface area is 124 Å².